The van der Waals surface area contributed by atoms with E-state index in [9.17, 15) is 19.2 Å². The summed E-state index contributed by atoms with van der Waals surface area (Å²) in [5.74, 6) is -1.01. The van der Waals surface area contributed by atoms with Crippen LogP contribution in [0.5, 0.6) is 0 Å². The quantitative estimate of drug-likeness (QED) is 0.638. The lowest BCUT2D eigenvalue weighted by Crippen LogP contribution is -2.54. The standard InChI is InChI=1S/C23H30N4O5/c1-22(2,3)32-21(31)26-16(10-13-8-9-13)19(29)27-12-23(11-17(27)18(24)28)14-6-4-5-7-15(14)25-20(23)30/h4-7,13,16-17H,8-12H2,1-3H3,(H2,24,28)(H,25,30)(H,26,31)/t16-,17-,23-/m0/s1. The van der Waals surface area contributed by atoms with E-state index >= 15 is 0 Å². The summed E-state index contributed by atoms with van der Waals surface area (Å²) in [5.41, 5.74) is 5.34. The van der Waals surface area contributed by atoms with Crippen LogP contribution in [0.25, 0.3) is 0 Å². The van der Waals surface area contributed by atoms with Gasteiger partial charge in [0.2, 0.25) is 17.7 Å². The van der Waals surface area contributed by atoms with Gasteiger partial charge in [0, 0.05) is 12.2 Å². The predicted octanol–water partition coefficient (Wildman–Crippen LogP) is 1.66. The van der Waals surface area contributed by atoms with Crippen molar-refractivity contribution in [3.63, 3.8) is 0 Å². The Morgan fingerprint density at radius 3 is 2.59 bits per heavy atom. The van der Waals surface area contributed by atoms with Crippen molar-refractivity contribution in [3.8, 4) is 0 Å². The molecule has 1 aliphatic carbocycles. The molecule has 1 aromatic rings. The minimum absolute atomic E-state index is 0.0272. The third kappa shape index (κ3) is 4.16. The van der Waals surface area contributed by atoms with Gasteiger partial charge in [-0.1, -0.05) is 31.0 Å². The molecule has 4 rings (SSSR count). The minimum Gasteiger partial charge on any atom is -0.444 e. The molecule has 4 amide bonds. The van der Waals surface area contributed by atoms with Crippen LogP contribution in [0.3, 0.4) is 0 Å². The predicted molar refractivity (Wildman–Crippen MR) is 117 cm³/mol. The average molecular weight is 443 g/mol. The van der Waals surface area contributed by atoms with Gasteiger partial charge in [-0.25, -0.2) is 4.79 Å². The van der Waals surface area contributed by atoms with E-state index in [0.29, 0.717) is 18.0 Å². The van der Waals surface area contributed by atoms with Gasteiger partial charge in [0.15, 0.2) is 0 Å². The number of hydrogen-bond acceptors (Lipinski definition) is 5. The van der Waals surface area contributed by atoms with Crippen LogP contribution in [0.4, 0.5) is 10.5 Å². The average Bonchev–Trinajstić information content (AvgIpc) is 3.34. The van der Waals surface area contributed by atoms with Crippen LogP contribution < -0.4 is 16.4 Å². The number of rotatable bonds is 5. The van der Waals surface area contributed by atoms with Crippen LogP contribution in [0, 0.1) is 5.92 Å². The first-order valence-corrected chi connectivity index (χ1v) is 11.0. The van der Waals surface area contributed by atoms with Gasteiger partial charge < -0.3 is 26.0 Å². The Morgan fingerprint density at radius 1 is 1.28 bits per heavy atom. The number of anilines is 1. The van der Waals surface area contributed by atoms with Gasteiger partial charge in [-0.15, -0.1) is 0 Å². The first-order chi connectivity index (χ1) is 15.0. The Labute approximate surface area is 187 Å². The number of nitrogens with one attached hydrogen (secondary N) is 2. The highest BCUT2D eigenvalue weighted by molar-refractivity contribution is 6.08. The van der Waals surface area contributed by atoms with Crippen molar-refractivity contribution in [1.82, 2.24) is 10.2 Å². The van der Waals surface area contributed by atoms with Crippen molar-refractivity contribution >= 4 is 29.5 Å². The number of amides is 4. The van der Waals surface area contributed by atoms with Crippen LogP contribution in [0.15, 0.2) is 24.3 Å². The highest BCUT2D eigenvalue weighted by atomic mass is 16.6. The van der Waals surface area contributed by atoms with Crippen molar-refractivity contribution in [1.29, 1.82) is 0 Å². The molecule has 0 unspecified atom stereocenters. The number of hydrogen-bond donors (Lipinski definition) is 3. The molecule has 1 saturated heterocycles. The maximum atomic E-state index is 13.6. The van der Waals surface area contributed by atoms with E-state index < -0.39 is 41.0 Å². The molecule has 0 aromatic heterocycles. The Bertz CT molecular complexity index is 967. The van der Waals surface area contributed by atoms with Gasteiger partial charge in [0.05, 0.1) is 5.41 Å². The highest BCUT2D eigenvalue weighted by Crippen LogP contribution is 2.46. The Balaban J connectivity index is 1.61. The summed E-state index contributed by atoms with van der Waals surface area (Å²) in [6, 6.07) is 5.48. The number of carbonyl (C=O) groups is 4. The minimum atomic E-state index is -1.04. The molecule has 2 fully saturated rings. The molecule has 2 heterocycles. The van der Waals surface area contributed by atoms with E-state index in [2.05, 4.69) is 10.6 Å². The van der Waals surface area contributed by atoms with Crippen molar-refractivity contribution in [2.24, 2.45) is 11.7 Å². The van der Waals surface area contributed by atoms with E-state index in [0.717, 1.165) is 18.4 Å². The molecular formula is C23H30N4O5. The molecule has 3 atom stereocenters. The lowest BCUT2D eigenvalue weighted by Gasteiger charge is -2.29. The van der Waals surface area contributed by atoms with Crippen molar-refractivity contribution in [3.05, 3.63) is 29.8 Å². The molecule has 1 saturated carbocycles. The van der Waals surface area contributed by atoms with Gasteiger partial charge in [-0.05, 0) is 51.2 Å². The number of likely N-dealkylation sites (tertiary alicyclic amines) is 1. The fourth-order valence-corrected chi connectivity index (χ4v) is 4.68. The van der Waals surface area contributed by atoms with E-state index in [1.54, 1.807) is 26.8 Å². The zero-order chi connectivity index (χ0) is 23.3. The molecule has 2 aliphatic heterocycles. The molecule has 1 aromatic carbocycles. The van der Waals surface area contributed by atoms with Gasteiger partial charge in [-0.2, -0.15) is 0 Å². The zero-order valence-electron chi connectivity index (χ0n) is 18.6. The van der Waals surface area contributed by atoms with E-state index in [1.165, 1.54) is 4.90 Å². The van der Waals surface area contributed by atoms with Crippen molar-refractivity contribution < 1.29 is 23.9 Å². The number of nitrogens with zero attached hydrogens (tertiary/aromatic N) is 1. The summed E-state index contributed by atoms with van der Waals surface area (Å²) < 4.78 is 5.34. The number of nitrogens with two attached hydrogens (primary N) is 1. The molecular weight excluding hydrogens is 412 g/mol. The molecule has 3 aliphatic rings. The first kappa shape index (κ1) is 22.1. The summed E-state index contributed by atoms with van der Waals surface area (Å²) in [6.45, 7) is 5.26. The smallest absolute Gasteiger partial charge is 0.408 e. The van der Waals surface area contributed by atoms with Crippen LogP contribution in [0.2, 0.25) is 0 Å². The van der Waals surface area contributed by atoms with Gasteiger partial charge >= 0.3 is 6.09 Å². The SMILES string of the molecule is CC(C)(C)OC(=O)N[C@@H](CC1CC1)C(=O)N1C[C@]2(C[C@H]1C(N)=O)C(=O)Nc1ccccc12. The molecule has 9 heteroatoms. The number of primary amides is 1. The molecule has 172 valence electrons. The lowest BCUT2D eigenvalue weighted by atomic mass is 9.79. The molecule has 0 bridgehead atoms. The monoisotopic (exact) mass is 442 g/mol. The van der Waals surface area contributed by atoms with Gasteiger partial charge in [-0.3, -0.25) is 14.4 Å². The molecule has 1 spiro atoms. The van der Waals surface area contributed by atoms with Crippen LogP contribution in [0.1, 0.15) is 52.0 Å². The van der Waals surface area contributed by atoms with Crippen molar-refractivity contribution in [2.45, 2.75) is 69.6 Å². The molecule has 0 radical (unpaired) electrons. The number of fused-ring (bicyclic) bond motifs is 2. The third-order valence-corrected chi connectivity index (χ3v) is 6.35. The highest BCUT2D eigenvalue weighted by Gasteiger charge is 2.57. The molecule has 4 N–H and O–H groups in total. The maximum absolute atomic E-state index is 13.6. The van der Waals surface area contributed by atoms with E-state index in [-0.39, 0.29) is 18.9 Å². The van der Waals surface area contributed by atoms with Crippen LogP contribution >= 0.6 is 0 Å². The Morgan fingerprint density at radius 2 is 1.97 bits per heavy atom. The first-order valence-electron chi connectivity index (χ1n) is 11.0. The maximum Gasteiger partial charge on any atom is 0.408 e. The summed E-state index contributed by atoms with van der Waals surface area (Å²) in [7, 11) is 0. The zero-order valence-corrected chi connectivity index (χ0v) is 18.6. The molecule has 9 nitrogen and oxygen atoms in total. The number of benzene rings is 1. The van der Waals surface area contributed by atoms with E-state index in [1.807, 2.05) is 18.2 Å². The Hall–Kier alpha value is -3.10. The van der Waals surface area contributed by atoms with Crippen LogP contribution in [-0.2, 0) is 24.5 Å². The summed E-state index contributed by atoms with van der Waals surface area (Å²) in [6.07, 6.45) is 1.84. The number of para-hydroxylation sites is 1. The Kier molecular flexibility index (Phi) is 5.38. The largest absolute Gasteiger partial charge is 0.444 e. The van der Waals surface area contributed by atoms with Gasteiger partial charge in [0.25, 0.3) is 0 Å². The van der Waals surface area contributed by atoms with Crippen molar-refractivity contribution in [2.75, 3.05) is 11.9 Å². The fraction of sp³-hybridized carbons (Fsp3) is 0.565. The number of alkyl carbamates (subject to hydrolysis) is 1. The van der Waals surface area contributed by atoms with Gasteiger partial charge in [0.1, 0.15) is 17.7 Å². The topological polar surface area (TPSA) is 131 Å². The lowest BCUT2D eigenvalue weighted by molar-refractivity contribution is -0.139. The fourth-order valence-electron chi connectivity index (χ4n) is 4.68. The summed E-state index contributed by atoms with van der Waals surface area (Å²) in [4.78, 5) is 52.7. The molecule has 32 heavy (non-hydrogen) atoms. The van der Waals surface area contributed by atoms with E-state index in [4.69, 9.17) is 10.5 Å². The second kappa shape index (κ2) is 7.79. The summed E-state index contributed by atoms with van der Waals surface area (Å²) in [5, 5.41) is 5.55. The normalized spacial score (nSPS) is 25.3. The third-order valence-electron chi connectivity index (χ3n) is 6.35. The van der Waals surface area contributed by atoms with Crippen LogP contribution in [-0.4, -0.2) is 52.9 Å². The summed E-state index contributed by atoms with van der Waals surface area (Å²) >= 11 is 0. The number of carbonyl (C=O) groups excluding carboxylic acids is 4. The number of ether oxygens (including phenoxy) is 1. The second-order valence-corrected chi connectivity index (χ2v) is 10.0. The second-order valence-electron chi connectivity index (χ2n) is 10.0.